The van der Waals surface area contributed by atoms with Crippen LogP contribution < -0.4 is 0 Å². The lowest BCUT2D eigenvalue weighted by Gasteiger charge is -2.41. The summed E-state index contributed by atoms with van der Waals surface area (Å²) in [6, 6.07) is 8.48. The van der Waals surface area contributed by atoms with E-state index in [0.717, 1.165) is 47.9 Å². The van der Waals surface area contributed by atoms with Gasteiger partial charge in [-0.3, -0.25) is 0 Å². The van der Waals surface area contributed by atoms with Gasteiger partial charge in [-0.25, -0.2) is 4.39 Å². The molecule has 0 radical (unpaired) electrons. The molecule has 6 heteroatoms. The third-order valence-electron chi connectivity index (χ3n) is 6.51. The predicted octanol–water partition coefficient (Wildman–Crippen LogP) is 1.98. The Kier molecular flexibility index (Phi) is 6.23. The Morgan fingerprint density at radius 2 is 1.70 bits per heavy atom. The van der Waals surface area contributed by atoms with E-state index in [4.69, 9.17) is 4.74 Å². The van der Waals surface area contributed by atoms with Crippen molar-refractivity contribution in [3.05, 3.63) is 69.5 Å². The van der Waals surface area contributed by atoms with Crippen molar-refractivity contribution in [2.75, 3.05) is 6.61 Å². The molecule has 0 amide bonds. The van der Waals surface area contributed by atoms with Crippen LogP contribution in [0.25, 0.3) is 0 Å². The predicted molar refractivity (Wildman–Crippen MR) is 110 cm³/mol. The van der Waals surface area contributed by atoms with Gasteiger partial charge >= 0.3 is 0 Å². The van der Waals surface area contributed by atoms with E-state index in [2.05, 4.69) is 6.92 Å². The van der Waals surface area contributed by atoms with Crippen molar-refractivity contribution in [2.24, 2.45) is 0 Å². The van der Waals surface area contributed by atoms with Crippen molar-refractivity contribution in [3.63, 3.8) is 0 Å². The summed E-state index contributed by atoms with van der Waals surface area (Å²) in [5.41, 5.74) is 6.59. The second kappa shape index (κ2) is 8.73. The van der Waals surface area contributed by atoms with E-state index >= 15 is 0 Å². The Morgan fingerprint density at radius 3 is 2.37 bits per heavy atom. The molecular formula is C24H29FO5. The molecule has 0 bridgehead atoms. The van der Waals surface area contributed by atoms with Crippen LogP contribution in [0.15, 0.2) is 30.3 Å². The maximum absolute atomic E-state index is 13.3. The third-order valence-corrected chi connectivity index (χ3v) is 6.51. The van der Waals surface area contributed by atoms with Gasteiger partial charge in [0.1, 0.15) is 36.3 Å². The first-order valence-corrected chi connectivity index (χ1v) is 10.7. The monoisotopic (exact) mass is 416 g/mol. The zero-order valence-corrected chi connectivity index (χ0v) is 17.1. The van der Waals surface area contributed by atoms with Crippen LogP contribution in [0.1, 0.15) is 52.8 Å². The molecule has 162 valence electrons. The number of aliphatic hydroxyl groups excluding tert-OH is 4. The molecule has 2 aromatic carbocycles. The van der Waals surface area contributed by atoms with Gasteiger partial charge in [0.05, 0.1) is 6.61 Å². The van der Waals surface area contributed by atoms with Crippen molar-refractivity contribution < 1.29 is 29.6 Å². The smallest absolute Gasteiger partial charge is 0.123 e. The molecule has 1 saturated heterocycles. The van der Waals surface area contributed by atoms with E-state index < -0.39 is 37.1 Å². The lowest BCUT2D eigenvalue weighted by molar-refractivity contribution is -0.231. The average molecular weight is 416 g/mol. The van der Waals surface area contributed by atoms with E-state index in [0.29, 0.717) is 6.42 Å². The van der Waals surface area contributed by atoms with E-state index in [9.17, 15) is 24.8 Å². The zero-order valence-electron chi connectivity index (χ0n) is 17.1. The number of hydrogen-bond acceptors (Lipinski definition) is 5. The molecule has 1 fully saturated rings. The maximum atomic E-state index is 13.3. The van der Waals surface area contributed by atoms with Crippen molar-refractivity contribution >= 4 is 0 Å². The van der Waals surface area contributed by atoms with Crippen LogP contribution >= 0.6 is 0 Å². The van der Waals surface area contributed by atoms with Crippen LogP contribution in [0.2, 0.25) is 0 Å². The van der Waals surface area contributed by atoms with E-state index in [1.165, 1.54) is 23.3 Å². The Bertz CT molecular complexity index is 895. The Hall–Kier alpha value is -1.83. The minimum atomic E-state index is -1.40. The summed E-state index contributed by atoms with van der Waals surface area (Å²) in [6.45, 7) is 1.61. The minimum Gasteiger partial charge on any atom is -0.394 e. The van der Waals surface area contributed by atoms with Crippen LogP contribution in [0, 0.1) is 5.82 Å². The molecule has 2 aromatic rings. The first-order valence-electron chi connectivity index (χ1n) is 10.7. The highest BCUT2D eigenvalue weighted by atomic mass is 19.1. The molecule has 5 atom stereocenters. The summed E-state index contributed by atoms with van der Waals surface area (Å²) in [5.74, 6) is -0.271. The number of rotatable bonds is 5. The molecule has 5 nitrogen and oxygen atoms in total. The third kappa shape index (κ3) is 3.79. The number of benzene rings is 2. The van der Waals surface area contributed by atoms with Crippen LogP contribution in [0.5, 0.6) is 0 Å². The normalized spacial score (nSPS) is 28.5. The first-order chi connectivity index (χ1) is 14.4. The molecule has 30 heavy (non-hydrogen) atoms. The molecule has 4 N–H and O–H groups in total. The SMILES string of the molecule is CCc1c([C@@H]2O[C@H](CO)[C@@H](O)[C@H](O)[C@H]2O)cc(Cc2ccc(F)cc2)c2c1CCC2. The van der Waals surface area contributed by atoms with E-state index in [1.807, 2.05) is 6.07 Å². The highest BCUT2D eigenvalue weighted by molar-refractivity contribution is 5.51. The van der Waals surface area contributed by atoms with Crippen molar-refractivity contribution in [3.8, 4) is 0 Å². The number of hydrogen-bond donors (Lipinski definition) is 4. The van der Waals surface area contributed by atoms with Gasteiger partial charge in [0, 0.05) is 0 Å². The highest BCUT2D eigenvalue weighted by Gasteiger charge is 2.45. The second-order valence-corrected chi connectivity index (χ2v) is 8.32. The number of ether oxygens (including phenoxy) is 1. The summed E-state index contributed by atoms with van der Waals surface area (Å²) in [5, 5.41) is 40.7. The summed E-state index contributed by atoms with van der Waals surface area (Å²) in [4.78, 5) is 0. The van der Waals surface area contributed by atoms with Gasteiger partial charge in [-0.2, -0.15) is 0 Å². The van der Waals surface area contributed by atoms with Gasteiger partial charge < -0.3 is 25.2 Å². The molecule has 0 unspecified atom stereocenters. The second-order valence-electron chi connectivity index (χ2n) is 8.32. The topological polar surface area (TPSA) is 90.2 Å². The summed E-state index contributed by atoms with van der Waals surface area (Å²) in [6.07, 6.45) is -1.49. The van der Waals surface area contributed by atoms with E-state index in [1.54, 1.807) is 12.1 Å². The fourth-order valence-corrected chi connectivity index (χ4v) is 4.98. The quantitative estimate of drug-likeness (QED) is 0.599. The molecular weight excluding hydrogens is 387 g/mol. The molecule has 0 aromatic heterocycles. The largest absolute Gasteiger partial charge is 0.394 e. The fraction of sp³-hybridized carbons (Fsp3) is 0.500. The molecule has 2 aliphatic rings. The first kappa shape index (κ1) is 21.4. The summed E-state index contributed by atoms with van der Waals surface area (Å²) < 4.78 is 19.2. The van der Waals surface area contributed by atoms with Crippen LogP contribution in [0.4, 0.5) is 4.39 Å². The standard InChI is InChI=1S/C24H29FO5/c1-2-16-18-5-3-4-17(18)14(10-13-6-8-15(25)9-7-13)11-19(16)24-23(29)22(28)21(27)20(12-26)30-24/h6-9,11,20-24,26-29H,2-5,10,12H2,1H3/t20-,21-,22+,23-,24+/m1/s1. The molecule has 1 aliphatic heterocycles. The molecule has 0 saturated carbocycles. The maximum Gasteiger partial charge on any atom is 0.123 e. The lowest BCUT2D eigenvalue weighted by atomic mass is 9.83. The summed E-state index contributed by atoms with van der Waals surface area (Å²) >= 11 is 0. The van der Waals surface area contributed by atoms with Gasteiger partial charge in [-0.05, 0) is 77.6 Å². The Morgan fingerprint density at radius 1 is 1.00 bits per heavy atom. The van der Waals surface area contributed by atoms with Crippen LogP contribution in [-0.4, -0.2) is 51.4 Å². The Balaban J connectivity index is 1.78. The van der Waals surface area contributed by atoms with Crippen molar-refractivity contribution in [1.82, 2.24) is 0 Å². The van der Waals surface area contributed by atoms with Gasteiger partial charge in [-0.1, -0.05) is 25.1 Å². The van der Waals surface area contributed by atoms with Gasteiger partial charge in [0.25, 0.3) is 0 Å². The molecule has 4 rings (SSSR count). The van der Waals surface area contributed by atoms with Crippen LogP contribution in [-0.2, 0) is 30.4 Å². The average Bonchev–Trinajstić information content (AvgIpc) is 3.24. The van der Waals surface area contributed by atoms with Crippen LogP contribution in [0.3, 0.4) is 0 Å². The highest BCUT2D eigenvalue weighted by Crippen LogP contribution is 2.40. The van der Waals surface area contributed by atoms with Crippen molar-refractivity contribution in [2.45, 2.75) is 69.5 Å². The zero-order chi connectivity index (χ0) is 21.4. The summed E-state index contributed by atoms with van der Waals surface area (Å²) in [7, 11) is 0. The Labute approximate surface area is 175 Å². The van der Waals surface area contributed by atoms with Crippen molar-refractivity contribution in [1.29, 1.82) is 0 Å². The number of fused-ring (bicyclic) bond motifs is 1. The lowest BCUT2D eigenvalue weighted by Crippen LogP contribution is -2.55. The van der Waals surface area contributed by atoms with Gasteiger partial charge in [0.2, 0.25) is 0 Å². The van der Waals surface area contributed by atoms with Gasteiger partial charge in [-0.15, -0.1) is 0 Å². The minimum absolute atomic E-state index is 0.271. The number of halogens is 1. The molecule has 0 spiro atoms. The van der Waals surface area contributed by atoms with Gasteiger partial charge in [0.15, 0.2) is 0 Å². The number of aliphatic hydroxyl groups is 4. The fourth-order valence-electron chi connectivity index (χ4n) is 4.98. The van der Waals surface area contributed by atoms with E-state index in [-0.39, 0.29) is 5.82 Å². The molecule has 1 aliphatic carbocycles. The molecule has 1 heterocycles.